The average molecular weight is 204 g/mol. The number of carbonyl (C=O) groups excluding carboxylic acids is 1. The Kier molecular flexibility index (Phi) is 2.46. The fourth-order valence-corrected chi connectivity index (χ4v) is 1.54. The molecule has 3 heteroatoms. The highest BCUT2D eigenvalue weighted by Crippen LogP contribution is 2.20. The van der Waals surface area contributed by atoms with Gasteiger partial charge in [-0.25, -0.2) is 4.79 Å². The van der Waals surface area contributed by atoms with Crippen LogP contribution in [-0.2, 0) is 16.0 Å². The van der Waals surface area contributed by atoms with Crippen molar-refractivity contribution in [3.8, 4) is 5.75 Å². The molecule has 1 heterocycles. The summed E-state index contributed by atoms with van der Waals surface area (Å²) in [4.78, 5) is 10.8. The Bertz CT molecular complexity index is 421. The van der Waals surface area contributed by atoms with Crippen LogP contribution in [0.4, 0.5) is 0 Å². The van der Waals surface area contributed by atoms with Crippen LogP contribution >= 0.6 is 0 Å². The number of phenols is 1. The number of benzene rings is 1. The van der Waals surface area contributed by atoms with Crippen molar-refractivity contribution < 1.29 is 14.6 Å². The van der Waals surface area contributed by atoms with Crippen LogP contribution in [0.3, 0.4) is 0 Å². The van der Waals surface area contributed by atoms with Gasteiger partial charge in [-0.2, -0.15) is 0 Å². The molecule has 0 saturated carbocycles. The second-order valence-corrected chi connectivity index (χ2v) is 3.66. The number of aryl methyl sites for hydroxylation is 1. The third-order valence-electron chi connectivity index (χ3n) is 2.42. The third-order valence-corrected chi connectivity index (χ3v) is 2.42. The van der Waals surface area contributed by atoms with Crippen molar-refractivity contribution in [1.82, 2.24) is 0 Å². The molecule has 0 bridgehead atoms. The highest BCUT2D eigenvalue weighted by Gasteiger charge is 2.16. The van der Waals surface area contributed by atoms with E-state index in [0.717, 1.165) is 11.1 Å². The van der Waals surface area contributed by atoms with Gasteiger partial charge in [0, 0.05) is 12.5 Å². The van der Waals surface area contributed by atoms with Gasteiger partial charge in [-0.05, 0) is 30.2 Å². The summed E-state index contributed by atoms with van der Waals surface area (Å²) in [6.45, 7) is 1.84. The smallest absolute Gasteiger partial charge is 0.331 e. The predicted molar refractivity (Wildman–Crippen MR) is 55.6 cm³/mol. The Hall–Kier alpha value is -1.77. The first-order valence-electron chi connectivity index (χ1n) is 4.82. The number of cyclic esters (lactones) is 1. The Labute approximate surface area is 88.0 Å². The molecule has 1 aromatic carbocycles. The molecule has 3 nitrogen and oxygen atoms in total. The van der Waals surface area contributed by atoms with Gasteiger partial charge in [0.2, 0.25) is 0 Å². The summed E-state index contributed by atoms with van der Waals surface area (Å²) >= 11 is 0. The lowest BCUT2D eigenvalue weighted by Gasteiger charge is -2.09. The first-order chi connectivity index (χ1) is 7.15. The van der Waals surface area contributed by atoms with Crippen molar-refractivity contribution in [2.24, 2.45) is 0 Å². The number of esters is 1. The summed E-state index contributed by atoms with van der Waals surface area (Å²) in [6, 6.07) is 5.48. The van der Waals surface area contributed by atoms with E-state index < -0.39 is 0 Å². The minimum absolute atomic E-state index is 0.195. The van der Waals surface area contributed by atoms with Crippen LogP contribution in [0.15, 0.2) is 30.4 Å². The molecule has 1 aliphatic rings. The van der Waals surface area contributed by atoms with Gasteiger partial charge < -0.3 is 9.84 Å². The Morgan fingerprint density at radius 3 is 2.87 bits per heavy atom. The molecule has 0 fully saturated rings. The van der Waals surface area contributed by atoms with Crippen molar-refractivity contribution >= 4 is 5.97 Å². The van der Waals surface area contributed by atoms with Crippen molar-refractivity contribution in [3.63, 3.8) is 0 Å². The lowest BCUT2D eigenvalue weighted by Crippen LogP contribution is -2.10. The van der Waals surface area contributed by atoms with Crippen LogP contribution in [-0.4, -0.2) is 17.2 Å². The van der Waals surface area contributed by atoms with Gasteiger partial charge in [-0.3, -0.25) is 0 Å². The zero-order chi connectivity index (χ0) is 10.8. The van der Waals surface area contributed by atoms with Gasteiger partial charge in [0.25, 0.3) is 0 Å². The van der Waals surface area contributed by atoms with E-state index >= 15 is 0 Å². The minimum Gasteiger partial charge on any atom is -0.508 e. The standard InChI is InChI=1S/C12H12O3/c1-8-2-3-9(7-11(8)13)6-10-4-5-12(14)15-10/h2-5,7,10,13H,6H2,1H3. The van der Waals surface area contributed by atoms with Crippen LogP contribution in [0.25, 0.3) is 0 Å². The van der Waals surface area contributed by atoms with Gasteiger partial charge in [0.05, 0.1) is 0 Å². The lowest BCUT2D eigenvalue weighted by molar-refractivity contribution is -0.138. The van der Waals surface area contributed by atoms with E-state index in [1.165, 1.54) is 6.08 Å². The Balaban J connectivity index is 2.08. The summed E-state index contributed by atoms with van der Waals surface area (Å²) in [5.74, 6) is -0.0165. The third kappa shape index (κ3) is 2.18. The number of aromatic hydroxyl groups is 1. The lowest BCUT2D eigenvalue weighted by atomic mass is 10.1. The molecule has 1 aromatic rings. The van der Waals surface area contributed by atoms with Crippen molar-refractivity contribution in [2.75, 3.05) is 0 Å². The molecule has 0 saturated heterocycles. The number of ether oxygens (including phenoxy) is 1. The first-order valence-corrected chi connectivity index (χ1v) is 4.82. The SMILES string of the molecule is Cc1ccc(CC2C=CC(=O)O2)cc1O. The first kappa shape index (κ1) is 9.77. The van der Waals surface area contributed by atoms with E-state index in [4.69, 9.17) is 4.74 Å². The highest BCUT2D eigenvalue weighted by atomic mass is 16.5. The molecule has 1 unspecified atom stereocenters. The maximum absolute atomic E-state index is 10.8. The van der Waals surface area contributed by atoms with E-state index in [1.54, 1.807) is 12.1 Å². The number of hydrogen-bond donors (Lipinski definition) is 1. The van der Waals surface area contributed by atoms with Crippen LogP contribution in [0.5, 0.6) is 5.75 Å². The summed E-state index contributed by atoms with van der Waals surface area (Å²) in [5, 5.41) is 9.50. The Morgan fingerprint density at radius 2 is 2.27 bits per heavy atom. The van der Waals surface area contributed by atoms with E-state index in [1.807, 2.05) is 19.1 Å². The molecule has 1 aliphatic heterocycles. The van der Waals surface area contributed by atoms with Crippen LogP contribution in [0.2, 0.25) is 0 Å². The largest absolute Gasteiger partial charge is 0.508 e. The van der Waals surface area contributed by atoms with Gasteiger partial charge in [-0.15, -0.1) is 0 Å². The molecular weight excluding hydrogens is 192 g/mol. The molecule has 2 rings (SSSR count). The van der Waals surface area contributed by atoms with E-state index in [9.17, 15) is 9.90 Å². The second-order valence-electron chi connectivity index (χ2n) is 3.66. The van der Waals surface area contributed by atoms with Crippen LogP contribution < -0.4 is 0 Å². The summed E-state index contributed by atoms with van der Waals surface area (Å²) < 4.78 is 5.00. The maximum Gasteiger partial charge on any atom is 0.331 e. The average Bonchev–Trinajstić information content (AvgIpc) is 2.58. The monoisotopic (exact) mass is 204 g/mol. The molecule has 1 N–H and O–H groups in total. The zero-order valence-corrected chi connectivity index (χ0v) is 8.43. The summed E-state index contributed by atoms with van der Waals surface area (Å²) in [6.07, 6.45) is 3.58. The van der Waals surface area contributed by atoms with E-state index in [2.05, 4.69) is 0 Å². The number of phenolic OH excluding ortho intramolecular Hbond substituents is 1. The quantitative estimate of drug-likeness (QED) is 0.746. The maximum atomic E-state index is 10.8. The minimum atomic E-state index is -0.295. The van der Waals surface area contributed by atoms with Gasteiger partial charge in [0.15, 0.2) is 0 Å². The topological polar surface area (TPSA) is 46.5 Å². The van der Waals surface area contributed by atoms with Crippen LogP contribution in [0.1, 0.15) is 11.1 Å². The predicted octanol–water partition coefficient (Wildman–Crippen LogP) is 1.72. The van der Waals surface area contributed by atoms with E-state index in [-0.39, 0.29) is 17.8 Å². The van der Waals surface area contributed by atoms with Crippen molar-refractivity contribution in [3.05, 3.63) is 41.5 Å². The molecule has 15 heavy (non-hydrogen) atoms. The van der Waals surface area contributed by atoms with Gasteiger partial charge in [0.1, 0.15) is 11.9 Å². The molecule has 0 spiro atoms. The molecule has 78 valence electrons. The van der Waals surface area contributed by atoms with Gasteiger partial charge >= 0.3 is 5.97 Å². The number of hydrogen-bond acceptors (Lipinski definition) is 3. The summed E-state index contributed by atoms with van der Waals surface area (Å²) in [5.41, 5.74) is 1.81. The second kappa shape index (κ2) is 3.77. The van der Waals surface area contributed by atoms with E-state index in [0.29, 0.717) is 6.42 Å². The number of rotatable bonds is 2. The molecule has 0 aromatic heterocycles. The highest BCUT2D eigenvalue weighted by molar-refractivity contribution is 5.84. The van der Waals surface area contributed by atoms with Crippen molar-refractivity contribution in [1.29, 1.82) is 0 Å². The zero-order valence-electron chi connectivity index (χ0n) is 8.43. The molecule has 1 atom stereocenters. The molecule has 0 aliphatic carbocycles. The fourth-order valence-electron chi connectivity index (χ4n) is 1.54. The Morgan fingerprint density at radius 1 is 1.47 bits per heavy atom. The fraction of sp³-hybridized carbons (Fsp3) is 0.250. The van der Waals surface area contributed by atoms with Crippen LogP contribution in [0, 0.1) is 6.92 Å². The van der Waals surface area contributed by atoms with Gasteiger partial charge in [-0.1, -0.05) is 12.1 Å². The molecular formula is C12H12O3. The van der Waals surface area contributed by atoms with Crippen molar-refractivity contribution in [2.45, 2.75) is 19.4 Å². The molecule has 0 amide bonds. The molecule has 0 radical (unpaired) electrons. The number of carbonyl (C=O) groups is 1. The summed E-state index contributed by atoms with van der Waals surface area (Å²) in [7, 11) is 0. The normalized spacial score (nSPS) is 19.3.